The number of nitrogens with one attached hydrogen (secondary N) is 1. The SMILES string of the molecule is Fc1ccc(CNC(c2ccc3c(c2)OCCO3)C2CC2)cc1F. The first kappa shape index (κ1) is 15.4. The normalized spacial score (nSPS) is 17.6. The molecule has 0 amide bonds. The van der Waals surface area contributed by atoms with Crippen molar-refractivity contribution in [3.63, 3.8) is 0 Å². The molecule has 3 nitrogen and oxygen atoms in total. The molecule has 1 heterocycles. The molecule has 2 aromatic carbocycles. The molecule has 1 aliphatic carbocycles. The van der Waals surface area contributed by atoms with E-state index in [4.69, 9.17) is 9.47 Å². The van der Waals surface area contributed by atoms with E-state index in [0.29, 0.717) is 25.7 Å². The van der Waals surface area contributed by atoms with Crippen LogP contribution in [0.3, 0.4) is 0 Å². The lowest BCUT2D eigenvalue weighted by molar-refractivity contribution is 0.171. The molecule has 0 saturated heterocycles. The van der Waals surface area contributed by atoms with Gasteiger partial charge in [-0.2, -0.15) is 0 Å². The number of hydrogen-bond acceptors (Lipinski definition) is 3. The smallest absolute Gasteiger partial charge is 0.161 e. The summed E-state index contributed by atoms with van der Waals surface area (Å²) < 4.78 is 37.6. The van der Waals surface area contributed by atoms with Crippen molar-refractivity contribution in [1.29, 1.82) is 0 Å². The van der Waals surface area contributed by atoms with Crippen LogP contribution in [-0.4, -0.2) is 13.2 Å². The van der Waals surface area contributed by atoms with Crippen LogP contribution in [0.4, 0.5) is 8.78 Å². The monoisotopic (exact) mass is 331 g/mol. The molecule has 126 valence electrons. The van der Waals surface area contributed by atoms with Crippen molar-refractivity contribution in [2.24, 2.45) is 5.92 Å². The van der Waals surface area contributed by atoms with Gasteiger partial charge in [0.25, 0.3) is 0 Å². The van der Waals surface area contributed by atoms with Crippen molar-refractivity contribution >= 4 is 0 Å². The minimum absolute atomic E-state index is 0.175. The summed E-state index contributed by atoms with van der Waals surface area (Å²) in [4.78, 5) is 0. The molecular formula is C19H19F2NO2. The highest BCUT2D eigenvalue weighted by atomic mass is 19.2. The van der Waals surface area contributed by atoms with Crippen molar-refractivity contribution < 1.29 is 18.3 Å². The van der Waals surface area contributed by atoms with E-state index in [2.05, 4.69) is 11.4 Å². The third kappa shape index (κ3) is 3.22. The highest BCUT2D eigenvalue weighted by Crippen LogP contribution is 2.43. The molecule has 0 bridgehead atoms. The van der Waals surface area contributed by atoms with Gasteiger partial charge in [0.05, 0.1) is 0 Å². The topological polar surface area (TPSA) is 30.5 Å². The molecule has 0 aromatic heterocycles. The van der Waals surface area contributed by atoms with E-state index in [1.165, 1.54) is 25.0 Å². The summed E-state index contributed by atoms with van der Waals surface area (Å²) >= 11 is 0. The zero-order chi connectivity index (χ0) is 16.5. The molecule has 1 saturated carbocycles. The molecule has 2 aliphatic rings. The second kappa shape index (κ2) is 6.40. The maximum Gasteiger partial charge on any atom is 0.161 e. The fourth-order valence-corrected chi connectivity index (χ4v) is 3.12. The molecule has 2 aromatic rings. The highest BCUT2D eigenvalue weighted by molar-refractivity contribution is 5.45. The van der Waals surface area contributed by atoms with Gasteiger partial charge < -0.3 is 14.8 Å². The van der Waals surface area contributed by atoms with Gasteiger partial charge in [-0.15, -0.1) is 0 Å². The fourth-order valence-electron chi connectivity index (χ4n) is 3.12. The zero-order valence-corrected chi connectivity index (χ0v) is 13.2. The molecule has 24 heavy (non-hydrogen) atoms. The number of hydrogen-bond donors (Lipinski definition) is 1. The maximum absolute atomic E-state index is 13.4. The minimum atomic E-state index is -0.815. The lowest BCUT2D eigenvalue weighted by Gasteiger charge is -2.23. The molecule has 1 aliphatic heterocycles. The number of ether oxygens (including phenoxy) is 2. The standard InChI is InChI=1S/C19H19F2NO2/c20-15-5-1-12(9-16(15)21)11-22-19(13-2-3-13)14-4-6-17-18(10-14)24-8-7-23-17/h1,4-6,9-10,13,19,22H,2-3,7-8,11H2. The van der Waals surface area contributed by atoms with Crippen LogP contribution in [0.5, 0.6) is 11.5 Å². The molecule has 1 unspecified atom stereocenters. The quantitative estimate of drug-likeness (QED) is 0.899. The lowest BCUT2D eigenvalue weighted by atomic mass is 10.0. The first-order valence-corrected chi connectivity index (χ1v) is 8.27. The molecule has 4 rings (SSSR count). The summed E-state index contributed by atoms with van der Waals surface area (Å²) in [6, 6.07) is 10.2. The largest absolute Gasteiger partial charge is 0.486 e. The number of fused-ring (bicyclic) bond motifs is 1. The van der Waals surface area contributed by atoms with Gasteiger partial charge in [-0.3, -0.25) is 0 Å². The summed E-state index contributed by atoms with van der Waals surface area (Å²) in [5.41, 5.74) is 1.88. The predicted octanol–water partition coefficient (Wildman–Crippen LogP) is 3.98. The summed E-state index contributed by atoms with van der Waals surface area (Å²) in [5.74, 6) is 0.498. The van der Waals surface area contributed by atoms with Crippen LogP contribution in [0.2, 0.25) is 0 Å². The Balaban J connectivity index is 1.51. The van der Waals surface area contributed by atoms with Gasteiger partial charge in [-0.25, -0.2) is 8.78 Å². The van der Waals surface area contributed by atoms with Crippen LogP contribution < -0.4 is 14.8 Å². The molecule has 0 spiro atoms. The van der Waals surface area contributed by atoms with Crippen molar-refractivity contribution in [1.82, 2.24) is 5.32 Å². The first-order valence-electron chi connectivity index (χ1n) is 8.27. The van der Waals surface area contributed by atoms with Gasteiger partial charge in [0.2, 0.25) is 0 Å². The van der Waals surface area contributed by atoms with Crippen molar-refractivity contribution in [2.75, 3.05) is 13.2 Å². The van der Waals surface area contributed by atoms with Gasteiger partial charge in [0, 0.05) is 12.6 Å². The second-order valence-electron chi connectivity index (χ2n) is 6.35. The lowest BCUT2D eigenvalue weighted by Crippen LogP contribution is -2.23. The predicted molar refractivity (Wildman–Crippen MR) is 86.1 cm³/mol. The van der Waals surface area contributed by atoms with Gasteiger partial charge >= 0.3 is 0 Å². The van der Waals surface area contributed by atoms with Crippen molar-refractivity contribution in [2.45, 2.75) is 25.4 Å². The van der Waals surface area contributed by atoms with E-state index in [1.807, 2.05) is 12.1 Å². The van der Waals surface area contributed by atoms with Crippen LogP contribution in [0.25, 0.3) is 0 Å². The van der Waals surface area contributed by atoms with E-state index in [1.54, 1.807) is 6.07 Å². The highest BCUT2D eigenvalue weighted by Gasteiger charge is 2.32. The Hall–Kier alpha value is -2.14. The minimum Gasteiger partial charge on any atom is -0.486 e. The van der Waals surface area contributed by atoms with E-state index >= 15 is 0 Å². The van der Waals surface area contributed by atoms with Crippen molar-refractivity contribution in [3.8, 4) is 11.5 Å². The molecule has 1 atom stereocenters. The average molecular weight is 331 g/mol. The Morgan fingerprint density at radius 2 is 1.75 bits per heavy atom. The van der Waals surface area contributed by atoms with Gasteiger partial charge in [-0.1, -0.05) is 12.1 Å². The van der Waals surface area contributed by atoms with Crippen LogP contribution in [0.1, 0.15) is 30.0 Å². The zero-order valence-electron chi connectivity index (χ0n) is 13.2. The molecule has 5 heteroatoms. The van der Waals surface area contributed by atoms with E-state index < -0.39 is 11.6 Å². The van der Waals surface area contributed by atoms with E-state index in [9.17, 15) is 8.78 Å². The Kier molecular flexibility index (Phi) is 4.10. The van der Waals surface area contributed by atoms with E-state index in [0.717, 1.165) is 22.6 Å². The molecule has 1 N–H and O–H groups in total. The third-order valence-electron chi connectivity index (χ3n) is 4.53. The van der Waals surface area contributed by atoms with E-state index in [-0.39, 0.29) is 6.04 Å². The molecule has 0 radical (unpaired) electrons. The summed E-state index contributed by atoms with van der Waals surface area (Å²) in [7, 11) is 0. The fraction of sp³-hybridized carbons (Fsp3) is 0.368. The Bertz CT molecular complexity index is 746. The molecule has 1 fully saturated rings. The molecular weight excluding hydrogens is 312 g/mol. The number of benzene rings is 2. The Labute approximate surface area is 139 Å². The van der Waals surface area contributed by atoms with Crippen molar-refractivity contribution in [3.05, 3.63) is 59.2 Å². The Morgan fingerprint density at radius 1 is 0.958 bits per heavy atom. The van der Waals surface area contributed by atoms with Crippen LogP contribution in [0.15, 0.2) is 36.4 Å². The third-order valence-corrected chi connectivity index (χ3v) is 4.53. The number of rotatable bonds is 5. The van der Waals surface area contributed by atoms with Gasteiger partial charge in [0.1, 0.15) is 13.2 Å². The second-order valence-corrected chi connectivity index (χ2v) is 6.35. The first-order chi connectivity index (χ1) is 11.7. The van der Waals surface area contributed by atoms with Crippen LogP contribution in [0, 0.1) is 17.6 Å². The summed E-state index contributed by atoms with van der Waals surface area (Å²) in [5, 5.41) is 3.48. The maximum atomic E-state index is 13.4. The number of halogens is 2. The summed E-state index contributed by atoms with van der Waals surface area (Å²) in [6.45, 7) is 1.63. The summed E-state index contributed by atoms with van der Waals surface area (Å²) in [6.07, 6.45) is 2.34. The van der Waals surface area contributed by atoms with Crippen LogP contribution >= 0.6 is 0 Å². The van der Waals surface area contributed by atoms with Gasteiger partial charge in [-0.05, 0) is 54.2 Å². The average Bonchev–Trinajstić information content (AvgIpc) is 3.43. The van der Waals surface area contributed by atoms with Gasteiger partial charge in [0.15, 0.2) is 23.1 Å². The Morgan fingerprint density at radius 3 is 2.50 bits per heavy atom. The van der Waals surface area contributed by atoms with Crippen LogP contribution in [-0.2, 0) is 6.54 Å².